The molecule has 18 heavy (non-hydrogen) atoms. The van der Waals surface area contributed by atoms with E-state index in [1.165, 1.54) is 0 Å². The summed E-state index contributed by atoms with van der Waals surface area (Å²) in [7, 11) is 0. The van der Waals surface area contributed by atoms with Gasteiger partial charge in [-0.1, -0.05) is 48.5 Å². The Morgan fingerprint density at radius 1 is 0.833 bits per heavy atom. The van der Waals surface area contributed by atoms with Gasteiger partial charge in [-0.2, -0.15) is 0 Å². The summed E-state index contributed by atoms with van der Waals surface area (Å²) in [6.45, 7) is 0. The fraction of sp³-hybridized carbons (Fsp3) is 0.0667. The highest BCUT2D eigenvalue weighted by Crippen LogP contribution is 2.44. The number of hydrogen-bond donors (Lipinski definition) is 1. The fourth-order valence-corrected chi connectivity index (χ4v) is 2.56. The Labute approximate surface area is 104 Å². The quantitative estimate of drug-likeness (QED) is 0.817. The molecule has 2 aromatic carbocycles. The minimum atomic E-state index is -1.38. The SMILES string of the molecule is O=C(O)C(=O)C1c2ccccc2-c2ccccc21. The molecular weight excluding hydrogens is 228 g/mol. The van der Waals surface area contributed by atoms with Gasteiger partial charge >= 0.3 is 5.97 Å². The largest absolute Gasteiger partial charge is 0.475 e. The van der Waals surface area contributed by atoms with Crippen molar-refractivity contribution in [1.82, 2.24) is 0 Å². The lowest BCUT2D eigenvalue weighted by atomic mass is 9.93. The van der Waals surface area contributed by atoms with Crippen LogP contribution in [0.3, 0.4) is 0 Å². The number of carboxylic acids is 1. The van der Waals surface area contributed by atoms with Crippen LogP contribution in [0.2, 0.25) is 0 Å². The predicted molar refractivity (Wildman–Crippen MR) is 66.4 cm³/mol. The summed E-state index contributed by atoms with van der Waals surface area (Å²) in [4.78, 5) is 22.8. The molecule has 0 fully saturated rings. The van der Waals surface area contributed by atoms with Crippen LogP contribution in [0.4, 0.5) is 0 Å². The normalized spacial score (nSPS) is 12.9. The molecule has 0 heterocycles. The average Bonchev–Trinajstić information content (AvgIpc) is 2.72. The van der Waals surface area contributed by atoms with Gasteiger partial charge in [0.05, 0.1) is 5.92 Å². The Hall–Kier alpha value is -2.42. The summed E-state index contributed by atoms with van der Waals surface area (Å²) >= 11 is 0. The van der Waals surface area contributed by atoms with Crippen molar-refractivity contribution < 1.29 is 14.7 Å². The predicted octanol–water partition coefficient (Wildman–Crippen LogP) is 2.45. The van der Waals surface area contributed by atoms with Crippen molar-refractivity contribution in [3.63, 3.8) is 0 Å². The number of carbonyl (C=O) groups is 2. The molecule has 3 heteroatoms. The van der Waals surface area contributed by atoms with Crippen molar-refractivity contribution in [2.45, 2.75) is 5.92 Å². The fourth-order valence-electron chi connectivity index (χ4n) is 2.56. The first-order valence-corrected chi connectivity index (χ1v) is 5.65. The minimum absolute atomic E-state index is 0.671. The van der Waals surface area contributed by atoms with Crippen molar-refractivity contribution >= 4 is 11.8 Å². The molecule has 0 aromatic heterocycles. The maximum atomic E-state index is 11.9. The molecule has 2 aromatic rings. The smallest absolute Gasteiger partial charge is 0.373 e. The Bertz CT molecular complexity index is 613. The molecule has 0 saturated heterocycles. The summed E-state index contributed by atoms with van der Waals surface area (Å²) in [6, 6.07) is 14.9. The molecule has 0 atom stereocenters. The van der Waals surface area contributed by atoms with Crippen LogP contribution in [0, 0.1) is 0 Å². The van der Waals surface area contributed by atoms with Gasteiger partial charge in [0, 0.05) is 0 Å². The van der Waals surface area contributed by atoms with E-state index in [-0.39, 0.29) is 0 Å². The first-order chi connectivity index (χ1) is 8.70. The van der Waals surface area contributed by atoms with Crippen molar-refractivity contribution in [3.05, 3.63) is 59.7 Å². The topological polar surface area (TPSA) is 54.4 Å². The number of benzene rings is 2. The number of Topliss-reactive ketones (excluding diaryl/α,β-unsaturated/α-hetero) is 1. The van der Waals surface area contributed by atoms with Gasteiger partial charge in [-0.25, -0.2) is 4.79 Å². The van der Waals surface area contributed by atoms with Gasteiger partial charge in [0.1, 0.15) is 0 Å². The molecule has 0 unspecified atom stereocenters. The molecule has 0 saturated carbocycles. The molecule has 3 nitrogen and oxygen atoms in total. The van der Waals surface area contributed by atoms with Crippen molar-refractivity contribution in [2.24, 2.45) is 0 Å². The monoisotopic (exact) mass is 238 g/mol. The highest BCUT2D eigenvalue weighted by molar-refractivity contribution is 6.36. The molecule has 3 rings (SSSR count). The summed E-state index contributed by atoms with van der Waals surface area (Å²) in [5, 5.41) is 8.94. The van der Waals surface area contributed by atoms with Gasteiger partial charge in [0.15, 0.2) is 0 Å². The van der Waals surface area contributed by atoms with Crippen LogP contribution in [0.25, 0.3) is 11.1 Å². The third-order valence-electron chi connectivity index (χ3n) is 3.31. The van der Waals surface area contributed by atoms with Crippen LogP contribution < -0.4 is 0 Å². The second kappa shape index (κ2) is 3.81. The Morgan fingerprint density at radius 2 is 1.28 bits per heavy atom. The standard InChI is InChI=1S/C15H10O3/c16-14(15(17)18)13-11-7-3-1-5-9(11)10-6-2-4-8-12(10)13/h1-8,13H,(H,17,18). The zero-order chi connectivity index (χ0) is 12.7. The summed E-state index contributed by atoms with van der Waals surface area (Å²) in [6.07, 6.45) is 0. The van der Waals surface area contributed by atoms with Crippen molar-refractivity contribution in [1.29, 1.82) is 0 Å². The van der Waals surface area contributed by atoms with Crippen LogP contribution in [-0.2, 0) is 9.59 Å². The van der Waals surface area contributed by atoms with E-state index in [4.69, 9.17) is 5.11 Å². The first kappa shape index (κ1) is 10.7. The molecule has 0 bridgehead atoms. The molecular formula is C15H10O3. The van der Waals surface area contributed by atoms with E-state index in [2.05, 4.69) is 0 Å². The van der Waals surface area contributed by atoms with E-state index < -0.39 is 17.7 Å². The Morgan fingerprint density at radius 3 is 1.72 bits per heavy atom. The third kappa shape index (κ3) is 1.37. The highest BCUT2D eigenvalue weighted by atomic mass is 16.4. The molecule has 0 radical (unpaired) electrons. The van der Waals surface area contributed by atoms with E-state index >= 15 is 0 Å². The molecule has 0 amide bonds. The average molecular weight is 238 g/mol. The zero-order valence-electron chi connectivity index (χ0n) is 9.46. The van der Waals surface area contributed by atoms with Crippen LogP contribution in [0.15, 0.2) is 48.5 Å². The summed E-state index contributed by atoms with van der Waals surface area (Å²) < 4.78 is 0. The van der Waals surface area contributed by atoms with Gasteiger partial charge in [0.2, 0.25) is 0 Å². The summed E-state index contributed by atoms with van der Waals surface area (Å²) in [5.74, 6) is -2.83. The number of carboxylic acid groups (broad SMARTS) is 1. The second-order valence-electron chi connectivity index (χ2n) is 4.28. The molecule has 88 valence electrons. The van der Waals surface area contributed by atoms with E-state index in [9.17, 15) is 9.59 Å². The number of ketones is 1. The van der Waals surface area contributed by atoms with Crippen LogP contribution in [-0.4, -0.2) is 16.9 Å². The lowest BCUT2D eigenvalue weighted by molar-refractivity contribution is -0.149. The minimum Gasteiger partial charge on any atom is -0.475 e. The molecule has 1 aliphatic carbocycles. The lowest BCUT2D eigenvalue weighted by Crippen LogP contribution is -2.21. The van der Waals surface area contributed by atoms with E-state index in [0.29, 0.717) is 0 Å². The van der Waals surface area contributed by atoms with Crippen LogP contribution in [0.5, 0.6) is 0 Å². The van der Waals surface area contributed by atoms with Crippen LogP contribution >= 0.6 is 0 Å². The van der Waals surface area contributed by atoms with Gasteiger partial charge in [0.25, 0.3) is 5.78 Å². The van der Waals surface area contributed by atoms with E-state index in [1.54, 1.807) is 0 Å². The number of fused-ring (bicyclic) bond motifs is 3. The second-order valence-corrected chi connectivity index (χ2v) is 4.28. The molecule has 0 aliphatic heterocycles. The first-order valence-electron chi connectivity index (χ1n) is 5.65. The Balaban J connectivity index is 2.27. The maximum Gasteiger partial charge on any atom is 0.373 e. The van der Waals surface area contributed by atoms with E-state index in [1.807, 2.05) is 48.5 Å². The number of carbonyl (C=O) groups excluding carboxylic acids is 1. The summed E-state index contributed by atoms with van der Waals surface area (Å²) in [5.41, 5.74) is 3.47. The van der Waals surface area contributed by atoms with Gasteiger partial charge in [-0.15, -0.1) is 0 Å². The Kier molecular flexibility index (Phi) is 2.27. The van der Waals surface area contributed by atoms with Gasteiger partial charge in [-0.05, 0) is 22.3 Å². The molecule has 1 aliphatic rings. The number of hydrogen-bond acceptors (Lipinski definition) is 2. The number of rotatable bonds is 2. The zero-order valence-corrected chi connectivity index (χ0v) is 9.46. The lowest BCUT2D eigenvalue weighted by Gasteiger charge is -2.08. The maximum absolute atomic E-state index is 11.9. The van der Waals surface area contributed by atoms with Crippen LogP contribution in [0.1, 0.15) is 17.0 Å². The molecule has 1 N–H and O–H groups in total. The third-order valence-corrected chi connectivity index (χ3v) is 3.31. The van der Waals surface area contributed by atoms with Gasteiger partial charge in [-0.3, -0.25) is 4.79 Å². The van der Waals surface area contributed by atoms with Crippen molar-refractivity contribution in [3.8, 4) is 11.1 Å². The molecule has 0 spiro atoms. The number of aliphatic carboxylic acids is 1. The van der Waals surface area contributed by atoms with Gasteiger partial charge < -0.3 is 5.11 Å². The van der Waals surface area contributed by atoms with E-state index in [0.717, 1.165) is 22.3 Å². The van der Waals surface area contributed by atoms with Crippen molar-refractivity contribution in [2.75, 3.05) is 0 Å². The highest BCUT2D eigenvalue weighted by Gasteiger charge is 2.36.